The molecule has 0 amide bonds. The molecule has 1 saturated heterocycles. The van der Waals surface area contributed by atoms with Gasteiger partial charge in [0, 0.05) is 55.4 Å². The second-order valence-corrected chi connectivity index (χ2v) is 8.97. The zero-order valence-corrected chi connectivity index (χ0v) is 19.1. The maximum atomic E-state index is 5.64. The van der Waals surface area contributed by atoms with Crippen LogP contribution in [0.3, 0.4) is 0 Å². The van der Waals surface area contributed by atoms with Gasteiger partial charge in [0.05, 0.1) is 23.3 Å². The third-order valence-electron chi connectivity index (χ3n) is 6.84. The van der Waals surface area contributed by atoms with E-state index in [-0.39, 0.29) is 0 Å². The summed E-state index contributed by atoms with van der Waals surface area (Å²) in [5, 5.41) is 8.09. The second-order valence-electron chi connectivity index (χ2n) is 8.97. The summed E-state index contributed by atoms with van der Waals surface area (Å²) in [7, 11) is 0. The van der Waals surface area contributed by atoms with Gasteiger partial charge in [0.15, 0.2) is 5.65 Å². The Morgan fingerprint density at radius 3 is 2.82 bits per heavy atom. The van der Waals surface area contributed by atoms with Crippen LogP contribution in [-0.2, 0) is 9.47 Å². The van der Waals surface area contributed by atoms with Crippen LogP contribution in [0.4, 0.5) is 5.95 Å². The van der Waals surface area contributed by atoms with Gasteiger partial charge in [-0.3, -0.25) is 0 Å². The molecule has 33 heavy (non-hydrogen) atoms. The highest BCUT2D eigenvalue weighted by Crippen LogP contribution is 2.32. The van der Waals surface area contributed by atoms with Crippen LogP contribution in [0.25, 0.3) is 27.8 Å². The number of fused-ring (bicyclic) bond motifs is 2. The molecule has 1 saturated carbocycles. The molecule has 1 N–H and O–H groups in total. The topological polar surface area (TPSA) is 91.4 Å². The van der Waals surface area contributed by atoms with Crippen LogP contribution in [-0.4, -0.2) is 61.1 Å². The minimum Gasteiger partial charge on any atom is -0.381 e. The number of nitrogens with one attached hydrogen (secondary N) is 1. The molecule has 0 atom stereocenters. The van der Waals surface area contributed by atoms with E-state index >= 15 is 0 Å². The van der Waals surface area contributed by atoms with Gasteiger partial charge in [0.1, 0.15) is 5.82 Å². The number of pyridine rings is 1. The molecule has 2 aliphatic rings. The number of hydrogen-bond donors (Lipinski definition) is 1. The van der Waals surface area contributed by atoms with Gasteiger partial charge in [0.25, 0.3) is 0 Å². The number of anilines is 1. The maximum absolute atomic E-state index is 5.64. The van der Waals surface area contributed by atoms with Gasteiger partial charge in [-0.2, -0.15) is 0 Å². The van der Waals surface area contributed by atoms with E-state index in [1.54, 1.807) is 0 Å². The number of aryl methyl sites for hydroxylation is 1. The average Bonchev–Trinajstić information content (AvgIpc) is 3.37. The summed E-state index contributed by atoms with van der Waals surface area (Å²) in [5.74, 6) is 1.65. The Bertz CT molecular complexity index is 1280. The van der Waals surface area contributed by atoms with Crippen molar-refractivity contribution in [1.82, 2.24) is 29.1 Å². The van der Waals surface area contributed by atoms with Crippen molar-refractivity contribution in [3.05, 3.63) is 36.5 Å². The molecular weight excluding hydrogens is 418 g/mol. The van der Waals surface area contributed by atoms with Crippen molar-refractivity contribution in [3.63, 3.8) is 0 Å². The molecule has 5 heterocycles. The number of imidazole rings is 1. The van der Waals surface area contributed by atoms with Crippen molar-refractivity contribution in [2.45, 2.75) is 57.7 Å². The van der Waals surface area contributed by atoms with E-state index in [9.17, 15) is 0 Å². The van der Waals surface area contributed by atoms with E-state index < -0.39 is 0 Å². The largest absolute Gasteiger partial charge is 0.381 e. The number of ether oxygens (including phenoxy) is 2. The Balaban J connectivity index is 1.29. The number of rotatable bonds is 6. The summed E-state index contributed by atoms with van der Waals surface area (Å²) < 4.78 is 15.4. The van der Waals surface area contributed by atoms with Crippen LogP contribution in [0.1, 0.15) is 44.5 Å². The van der Waals surface area contributed by atoms with Crippen LogP contribution in [0.5, 0.6) is 0 Å². The molecule has 9 nitrogen and oxygen atoms in total. The Morgan fingerprint density at radius 2 is 2.00 bits per heavy atom. The lowest BCUT2D eigenvalue weighted by Gasteiger charge is -2.35. The lowest BCUT2D eigenvalue weighted by molar-refractivity contribution is 0.00283. The molecular formula is C24H29N7O2. The van der Waals surface area contributed by atoms with E-state index in [0.717, 1.165) is 79.1 Å². The fraction of sp³-hybridized carbons (Fsp3) is 0.500. The molecule has 172 valence electrons. The number of aromatic nitrogens is 6. The summed E-state index contributed by atoms with van der Waals surface area (Å²) >= 11 is 0. The first-order chi connectivity index (χ1) is 16.2. The first kappa shape index (κ1) is 20.6. The zero-order chi connectivity index (χ0) is 22.4. The van der Waals surface area contributed by atoms with Crippen molar-refractivity contribution in [2.24, 2.45) is 0 Å². The SMILES string of the molecule is CCO[C@H]1C[C@H](Nc2ncc3c(-c4cnc5nc(C)n(C6CCOCC6)c5c4)ccn3n2)C1. The summed E-state index contributed by atoms with van der Waals surface area (Å²) in [5.41, 5.74) is 4.93. The van der Waals surface area contributed by atoms with E-state index in [1.807, 2.05) is 30.0 Å². The molecule has 0 radical (unpaired) electrons. The number of hydrogen-bond acceptors (Lipinski definition) is 7. The van der Waals surface area contributed by atoms with Crippen LogP contribution in [0.2, 0.25) is 0 Å². The molecule has 1 aliphatic carbocycles. The predicted octanol–water partition coefficient (Wildman–Crippen LogP) is 3.78. The van der Waals surface area contributed by atoms with Gasteiger partial charge in [-0.05, 0) is 51.7 Å². The molecule has 4 aromatic heterocycles. The summed E-state index contributed by atoms with van der Waals surface area (Å²) in [6.07, 6.45) is 10.1. The van der Waals surface area contributed by atoms with Crippen LogP contribution < -0.4 is 5.32 Å². The first-order valence-corrected chi connectivity index (χ1v) is 11.8. The van der Waals surface area contributed by atoms with Gasteiger partial charge in [-0.1, -0.05) is 0 Å². The highest BCUT2D eigenvalue weighted by molar-refractivity contribution is 5.85. The quantitative estimate of drug-likeness (QED) is 0.481. The van der Waals surface area contributed by atoms with Crippen LogP contribution in [0, 0.1) is 6.92 Å². The summed E-state index contributed by atoms with van der Waals surface area (Å²) in [6, 6.07) is 5.04. The minimum absolute atomic E-state index is 0.357. The lowest BCUT2D eigenvalue weighted by atomic mass is 9.89. The van der Waals surface area contributed by atoms with Crippen LogP contribution in [0.15, 0.2) is 30.7 Å². The molecule has 6 rings (SSSR count). The Labute approximate surface area is 192 Å². The molecule has 1 aliphatic heterocycles. The third kappa shape index (κ3) is 3.75. The van der Waals surface area contributed by atoms with E-state index in [0.29, 0.717) is 24.1 Å². The van der Waals surface area contributed by atoms with Crippen molar-refractivity contribution in [2.75, 3.05) is 25.1 Å². The normalized spacial score (nSPS) is 21.5. The Hall–Kier alpha value is -3.04. The van der Waals surface area contributed by atoms with Gasteiger partial charge in [0.2, 0.25) is 5.95 Å². The summed E-state index contributed by atoms with van der Waals surface area (Å²) in [6.45, 7) is 6.45. The van der Waals surface area contributed by atoms with Gasteiger partial charge in [-0.25, -0.2) is 19.5 Å². The van der Waals surface area contributed by atoms with Crippen molar-refractivity contribution >= 4 is 22.6 Å². The second kappa shape index (κ2) is 8.39. The third-order valence-corrected chi connectivity index (χ3v) is 6.84. The fourth-order valence-electron chi connectivity index (χ4n) is 5.09. The van der Waals surface area contributed by atoms with Gasteiger partial charge in [-0.15, -0.1) is 5.10 Å². The maximum Gasteiger partial charge on any atom is 0.241 e. The lowest BCUT2D eigenvalue weighted by Crippen LogP contribution is -2.41. The highest BCUT2D eigenvalue weighted by Gasteiger charge is 2.30. The molecule has 0 bridgehead atoms. The average molecular weight is 448 g/mol. The van der Waals surface area contributed by atoms with Crippen LogP contribution >= 0.6 is 0 Å². The smallest absolute Gasteiger partial charge is 0.241 e. The molecule has 0 spiro atoms. The van der Waals surface area contributed by atoms with E-state index in [2.05, 4.69) is 44.0 Å². The van der Waals surface area contributed by atoms with Crippen molar-refractivity contribution in [3.8, 4) is 11.1 Å². The Morgan fingerprint density at radius 1 is 1.15 bits per heavy atom. The zero-order valence-electron chi connectivity index (χ0n) is 19.1. The molecule has 4 aromatic rings. The number of nitrogens with zero attached hydrogens (tertiary/aromatic N) is 6. The predicted molar refractivity (Wildman–Crippen MR) is 125 cm³/mol. The minimum atomic E-state index is 0.357. The van der Waals surface area contributed by atoms with Gasteiger partial charge < -0.3 is 19.4 Å². The first-order valence-electron chi connectivity index (χ1n) is 11.8. The molecule has 2 fully saturated rings. The van der Waals surface area contributed by atoms with E-state index in [1.165, 1.54) is 0 Å². The fourth-order valence-corrected chi connectivity index (χ4v) is 5.09. The van der Waals surface area contributed by atoms with Gasteiger partial charge >= 0.3 is 0 Å². The monoisotopic (exact) mass is 447 g/mol. The molecule has 0 unspecified atom stereocenters. The molecule has 0 aromatic carbocycles. The highest BCUT2D eigenvalue weighted by atomic mass is 16.5. The summed E-state index contributed by atoms with van der Waals surface area (Å²) in [4.78, 5) is 14.0. The standard InChI is InChI=1S/C24H29N7O2/c1-3-33-19-11-17(12-19)28-24-26-14-22-20(4-7-30(22)29-24)16-10-21-23(25-13-16)27-15(2)31(21)18-5-8-32-9-6-18/h4,7,10,13-14,17-19H,3,5-6,8-9,11-12H2,1-2H3,(H,28,29)/t17-,19-. The van der Waals surface area contributed by atoms with Crippen molar-refractivity contribution < 1.29 is 9.47 Å². The molecule has 9 heteroatoms. The van der Waals surface area contributed by atoms with E-state index in [4.69, 9.17) is 14.5 Å². The Kier molecular flexibility index (Phi) is 5.22. The van der Waals surface area contributed by atoms with Crippen molar-refractivity contribution in [1.29, 1.82) is 0 Å².